The Morgan fingerprint density at radius 2 is 1.98 bits per heavy atom. The lowest BCUT2D eigenvalue weighted by Gasteiger charge is -2.31. The fraction of sp³-hybridized carbons (Fsp3) is 0.429. The van der Waals surface area contributed by atoms with Gasteiger partial charge in [0.2, 0.25) is 15.9 Å². The number of benzene rings is 1. The van der Waals surface area contributed by atoms with Gasteiger partial charge >= 0.3 is 6.09 Å². The molecular weight excluding hydrogens is 552 g/mol. The van der Waals surface area contributed by atoms with E-state index in [0.717, 1.165) is 10.1 Å². The number of rotatable bonds is 7. The van der Waals surface area contributed by atoms with Crippen molar-refractivity contribution in [3.05, 3.63) is 59.7 Å². The summed E-state index contributed by atoms with van der Waals surface area (Å²) >= 11 is 1.45. The summed E-state index contributed by atoms with van der Waals surface area (Å²) in [4.78, 5) is 45.3. The van der Waals surface area contributed by atoms with Crippen LogP contribution in [-0.2, 0) is 25.4 Å². The average Bonchev–Trinajstić information content (AvgIpc) is 3.59. The molecule has 2 amide bonds. The van der Waals surface area contributed by atoms with Crippen LogP contribution in [-0.4, -0.2) is 71.6 Å². The predicted molar refractivity (Wildman–Crippen MR) is 151 cm³/mol. The van der Waals surface area contributed by atoms with Crippen molar-refractivity contribution in [2.75, 3.05) is 13.1 Å². The Morgan fingerprint density at radius 1 is 1.20 bits per heavy atom. The highest BCUT2D eigenvalue weighted by molar-refractivity contribution is 7.88. The van der Waals surface area contributed by atoms with Crippen LogP contribution in [0.3, 0.4) is 0 Å². The number of fused-ring (bicyclic) bond motifs is 2. The van der Waals surface area contributed by atoms with Gasteiger partial charge in [0, 0.05) is 34.4 Å². The molecule has 2 aliphatic heterocycles. The van der Waals surface area contributed by atoms with Crippen LogP contribution in [0.5, 0.6) is 5.75 Å². The molecule has 0 spiro atoms. The Morgan fingerprint density at radius 3 is 2.70 bits per heavy atom. The molecule has 40 heavy (non-hydrogen) atoms. The van der Waals surface area contributed by atoms with Gasteiger partial charge in [-0.1, -0.05) is 39.0 Å². The lowest BCUT2D eigenvalue weighted by atomic mass is 9.87. The van der Waals surface area contributed by atoms with Gasteiger partial charge in [0.15, 0.2) is 11.5 Å². The molecule has 0 aliphatic carbocycles. The van der Waals surface area contributed by atoms with E-state index in [1.165, 1.54) is 26.7 Å². The highest BCUT2D eigenvalue weighted by Gasteiger charge is 2.54. The third-order valence-corrected chi connectivity index (χ3v) is 9.90. The number of likely N-dealkylation sites (tertiary alicyclic amines) is 1. The lowest BCUT2D eigenvalue weighted by Crippen LogP contribution is -2.54. The van der Waals surface area contributed by atoms with Crippen LogP contribution in [0, 0.1) is 5.41 Å². The van der Waals surface area contributed by atoms with Gasteiger partial charge in [-0.25, -0.2) is 13.2 Å². The highest BCUT2D eigenvalue weighted by atomic mass is 32.2. The average molecular weight is 585 g/mol. The van der Waals surface area contributed by atoms with Gasteiger partial charge in [-0.3, -0.25) is 14.6 Å². The molecule has 2 aliphatic rings. The van der Waals surface area contributed by atoms with Crippen molar-refractivity contribution in [2.24, 2.45) is 5.41 Å². The Hall–Kier alpha value is -3.35. The molecule has 5 rings (SSSR count). The number of sulfonamides is 1. The first-order valence-corrected chi connectivity index (χ1v) is 15.6. The number of hydrogen-bond donors (Lipinski definition) is 1. The van der Waals surface area contributed by atoms with Crippen LogP contribution < -0.4 is 10.1 Å². The lowest BCUT2D eigenvalue weighted by molar-refractivity contribution is -0.138. The van der Waals surface area contributed by atoms with Crippen molar-refractivity contribution in [2.45, 2.75) is 57.5 Å². The minimum Gasteiger partial charge on any atom is -0.409 e. The minimum atomic E-state index is -3.82. The molecule has 2 fully saturated rings. The quantitative estimate of drug-likeness (QED) is 0.450. The van der Waals surface area contributed by atoms with Gasteiger partial charge in [-0.15, -0.1) is 11.3 Å². The monoisotopic (exact) mass is 584 g/mol. The molecule has 1 N–H and O–H groups in total. The zero-order chi connectivity index (χ0) is 28.7. The Balaban J connectivity index is 1.32. The van der Waals surface area contributed by atoms with E-state index in [-0.39, 0.29) is 30.0 Å². The number of nitrogens with zero attached hydrogens (tertiary/aromatic N) is 3. The maximum absolute atomic E-state index is 13.8. The summed E-state index contributed by atoms with van der Waals surface area (Å²) in [6, 6.07) is 8.39. The summed E-state index contributed by atoms with van der Waals surface area (Å²) in [6.07, 6.45) is 2.92. The van der Waals surface area contributed by atoms with E-state index in [2.05, 4.69) is 10.3 Å². The van der Waals surface area contributed by atoms with Gasteiger partial charge in [0.05, 0.1) is 18.3 Å². The number of thiophene rings is 1. The first kappa shape index (κ1) is 28.2. The van der Waals surface area contributed by atoms with Gasteiger partial charge in [0.1, 0.15) is 12.1 Å². The number of pyridine rings is 1. The summed E-state index contributed by atoms with van der Waals surface area (Å²) in [5.74, 6) is -0.619. The number of carbonyl (C=O) groups excluding carboxylic acids is 3. The van der Waals surface area contributed by atoms with E-state index in [1.807, 2.05) is 45.0 Å². The van der Waals surface area contributed by atoms with Crippen molar-refractivity contribution in [3.8, 4) is 5.75 Å². The van der Waals surface area contributed by atoms with E-state index >= 15 is 0 Å². The molecule has 212 valence electrons. The molecular formula is C28H32N4O6S2. The predicted octanol–water partition coefficient (Wildman–Crippen LogP) is 3.57. The number of amides is 2. The maximum atomic E-state index is 13.8. The van der Waals surface area contributed by atoms with E-state index in [4.69, 9.17) is 4.74 Å². The fourth-order valence-electron chi connectivity index (χ4n) is 5.48. The highest BCUT2D eigenvalue weighted by Crippen LogP contribution is 2.35. The normalized spacial score (nSPS) is 20.5. The van der Waals surface area contributed by atoms with Crippen LogP contribution >= 0.6 is 11.3 Å². The van der Waals surface area contributed by atoms with Gasteiger partial charge in [0.25, 0.3) is 0 Å². The number of ether oxygens (including phenoxy) is 1. The number of hydrogen-bond acceptors (Lipinski definition) is 8. The molecule has 0 bridgehead atoms. The summed E-state index contributed by atoms with van der Waals surface area (Å²) < 4.78 is 34.3. The second-order valence-corrected chi connectivity index (χ2v) is 14.2. The standard InChI is InChI=1S/C28H32N4O6S2/c1-28(2,3)13-20(30-27(35)38-23-16-39-24-9-5-4-8-19(23)24)26(34)31-12-10-21-25(31)22(33)15-32(21)40(36,37)17-18-7-6-11-29-14-18/h4-9,11,14,16,20-21,25H,10,12-13,15,17H2,1-3H3,(H,30,35). The summed E-state index contributed by atoms with van der Waals surface area (Å²) in [5.41, 5.74) is 0.191. The number of aromatic nitrogens is 1. The number of ketones is 1. The SMILES string of the molecule is CC(C)(C)CC(NC(=O)Oc1csc2ccccc12)C(=O)N1CCC2C1C(=O)CN2S(=O)(=O)Cc1cccnc1. The summed E-state index contributed by atoms with van der Waals surface area (Å²) in [5, 5.41) is 5.27. The first-order chi connectivity index (χ1) is 18.9. The van der Waals surface area contributed by atoms with Crippen molar-refractivity contribution in [1.82, 2.24) is 19.5 Å². The topological polar surface area (TPSA) is 126 Å². The van der Waals surface area contributed by atoms with Gasteiger partial charge in [-0.2, -0.15) is 4.31 Å². The second kappa shape index (κ2) is 10.9. The zero-order valence-corrected chi connectivity index (χ0v) is 24.2. The zero-order valence-electron chi connectivity index (χ0n) is 22.6. The van der Waals surface area contributed by atoms with Crippen LogP contribution in [0.2, 0.25) is 0 Å². The third kappa shape index (κ3) is 5.89. The number of carbonyl (C=O) groups is 3. The molecule has 2 saturated heterocycles. The van der Waals surface area contributed by atoms with Crippen molar-refractivity contribution in [1.29, 1.82) is 0 Å². The third-order valence-electron chi connectivity index (χ3n) is 7.14. The van der Waals surface area contributed by atoms with E-state index < -0.39 is 40.1 Å². The molecule has 2 aromatic heterocycles. The van der Waals surface area contributed by atoms with Crippen LogP contribution in [0.15, 0.2) is 54.2 Å². The van der Waals surface area contributed by atoms with E-state index in [9.17, 15) is 22.8 Å². The minimum absolute atomic E-state index is 0.214. The largest absolute Gasteiger partial charge is 0.413 e. The summed E-state index contributed by atoms with van der Waals surface area (Å²) in [6.45, 7) is 5.78. The molecule has 1 aromatic carbocycles. The summed E-state index contributed by atoms with van der Waals surface area (Å²) in [7, 11) is -3.82. The van der Waals surface area contributed by atoms with E-state index in [0.29, 0.717) is 24.2 Å². The Labute approximate surface area is 237 Å². The number of Topliss-reactive ketones (excluding diaryl/α,β-unsaturated/α-hetero) is 1. The molecule has 4 heterocycles. The maximum Gasteiger partial charge on any atom is 0.413 e. The van der Waals surface area contributed by atoms with Gasteiger partial charge < -0.3 is 15.0 Å². The first-order valence-electron chi connectivity index (χ1n) is 13.1. The molecule has 3 atom stereocenters. The molecule has 0 saturated carbocycles. The van der Waals surface area contributed by atoms with E-state index in [1.54, 1.807) is 23.7 Å². The molecule has 3 unspecified atom stereocenters. The molecule has 3 aromatic rings. The fourth-order valence-corrected chi connectivity index (χ4v) is 8.05. The molecule has 10 nitrogen and oxygen atoms in total. The molecule has 0 radical (unpaired) electrons. The van der Waals surface area contributed by atoms with Crippen molar-refractivity contribution >= 4 is 49.2 Å². The van der Waals surface area contributed by atoms with Gasteiger partial charge in [-0.05, 0) is 42.0 Å². The van der Waals surface area contributed by atoms with Crippen LogP contribution in [0.1, 0.15) is 39.2 Å². The Bertz CT molecular complexity index is 1530. The van der Waals surface area contributed by atoms with Crippen LogP contribution in [0.4, 0.5) is 4.79 Å². The second-order valence-electron chi connectivity index (χ2n) is 11.4. The number of nitrogens with one attached hydrogen (secondary N) is 1. The molecule has 12 heteroatoms. The van der Waals surface area contributed by atoms with Crippen molar-refractivity contribution < 1.29 is 27.5 Å². The van der Waals surface area contributed by atoms with Crippen molar-refractivity contribution in [3.63, 3.8) is 0 Å². The van der Waals surface area contributed by atoms with Crippen LogP contribution in [0.25, 0.3) is 10.1 Å². The smallest absolute Gasteiger partial charge is 0.409 e. The Kier molecular flexibility index (Phi) is 7.68.